The summed E-state index contributed by atoms with van der Waals surface area (Å²) in [7, 11) is 0. The summed E-state index contributed by atoms with van der Waals surface area (Å²) in [5.41, 5.74) is -2.42. The zero-order valence-corrected chi connectivity index (χ0v) is 20.7. The molecule has 3 N–H and O–H groups in total. The van der Waals surface area contributed by atoms with Crippen molar-refractivity contribution in [2.75, 3.05) is 26.4 Å². The van der Waals surface area contributed by atoms with E-state index in [0.717, 1.165) is 0 Å². The number of piperidine rings is 1. The molecular weight excluding hydrogens is 450 g/mol. The average Bonchev–Trinajstić information content (AvgIpc) is 2.76. The summed E-state index contributed by atoms with van der Waals surface area (Å²) in [6.07, 6.45) is -0.389. The van der Waals surface area contributed by atoms with E-state index in [2.05, 4.69) is 5.32 Å². The fraction of sp³-hybridized carbons (Fsp3) is 0.667. The second kappa shape index (κ2) is 11.6. The van der Waals surface area contributed by atoms with Crippen LogP contribution in [0.5, 0.6) is 0 Å². The summed E-state index contributed by atoms with van der Waals surface area (Å²) < 4.78 is 16.9. The van der Waals surface area contributed by atoms with Gasteiger partial charge in [0.15, 0.2) is 6.29 Å². The largest absolute Gasteiger partial charge is 0.481 e. The van der Waals surface area contributed by atoms with Gasteiger partial charge in [0.2, 0.25) is 0 Å². The van der Waals surface area contributed by atoms with Crippen molar-refractivity contribution < 1.29 is 34.0 Å². The van der Waals surface area contributed by atoms with E-state index in [0.29, 0.717) is 23.8 Å². The molecule has 1 aliphatic rings. The van der Waals surface area contributed by atoms with E-state index in [9.17, 15) is 19.8 Å². The standard InChI is InChI=1S/C24H36ClNO7/c1-6-24(22(29)30)18(13-31-14-19(32-7-2)33-8-3)26-15(4)23(5,21(27)28)20(24)16-11-9-10-12-17(16)25/h9-12,15,18-20,26H,6-8,13-14H2,1-5H3,(H,27,28)(H,29,30)/t15-,18+,20-,23+,24+/m1/s1. The number of carboxylic acids is 2. The lowest BCUT2D eigenvalue weighted by Crippen LogP contribution is -2.70. The van der Waals surface area contributed by atoms with Crippen LogP contribution in [0.3, 0.4) is 0 Å². The maximum Gasteiger partial charge on any atom is 0.311 e. The summed E-state index contributed by atoms with van der Waals surface area (Å²) in [4.78, 5) is 25.6. The minimum absolute atomic E-state index is 0.0395. The van der Waals surface area contributed by atoms with E-state index in [1.54, 1.807) is 45.0 Å². The first-order valence-electron chi connectivity index (χ1n) is 11.4. The molecular formula is C24H36ClNO7. The first-order valence-corrected chi connectivity index (χ1v) is 11.8. The molecule has 1 aromatic rings. The van der Waals surface area contributed by atoms with Crippen LogP contribution < -0.4 is 5.32 Å². The minimum atomic E-state index is -1.49. The summed E-state index contributed by atoms with van der Waals surface area (Å²) in [6.45, 7) is 9.88. The van der Waals surface area contributed by atoms with Gasteiger partial charge in [0.25, 0.3) is 0 Å². The highest BCUT2D eigenvalue weighted by Crippen LogP contribution is 2.58. The minimum Gasteiger partial charge on any atom is -0.481 e. The molecule has 1 heterocycles. The van der Waals surface area contributed by atoms with Gasteiger partial charge in [-0.3, -0.25) is 9.59 Å². The molecule has 1 aliphatic heterocycles. The number of benzene rings is 1. The van der Waals surface area contributed by atoms with Gasteiger partial charge < -0.3 is 29.7 Å². The normalized spacial score (nSPS) is 29.8. The third-order valence-corrected chi connectivity index (χ3v) is 7.34. The molecule has 0 aromatic heterocycles. The lowest BCUT2D eigenvalue weighted by molar-refractivity contribution is -0.182. The maximum absolute atomic E-state index is 13.0. The van der Waals surface area contributed by atoms with Crippen LogP contribution >= 0.6 is 11.6 Å². The predicted octanol–water partition coefficient (Wildman–Crippen LogP) is 3.77. The van der Waals surface area contributed by atoms with Crippen molar-refractivity contribution in [1.82, 2.24) is 5.32 Å². The Balaban J connectivity index is 2.53. The number of rotatable bonds is 12. The first kappa shape index (κ1) is 27.5. The number of aliphatic carboxylic acids is 2. The Labute approximate surface area is 200 Å². The zero-order valence-electron chi connectivity index (χ0n) is 20.0. The topological polar surface area (TPSA) is 114 Å². The molecule has 1 aromatic carbocycles. The van der Waals surface area contributed by atoms with E-state index >= 15 is 0 Å². The van der Waals surface area contributed by atoms with Crippen molar-refractivity contribution in [3.8, 4) is 0 Å². The summed E-state index contributed by atoms with van der Waals surface area (Å²) >= 11 is 6.52. The van der Waals surface area contributed by atoms with Crippen LogP contribution in [0.15, 0.2) is 24.3 Å². The van der Waals surface area contributed by atoms with Crippen LogP contribution in [-0.4, -0.2) is 67.0 Å². The highest BCUT2D eigenvalue weighted by Gasteiger charge is 2.65. The van der Waals surface area contributed by atoms with E-state index in [-0.39, 0.29) is 19.6 Å². The van der Waals surface area contributed by atoms with Crippen molar-refractivity contribution in [1.29, 1.82) is 0 Å². The summed E-state index contributed by atoms with van der Waals surface area (Å²) in [6, 6.07) is 5.64. The monoisotopic (exact) mass is 485 g/mol. The SMILES string of the molecule is CCOC(COC[C@@H]1N[C@H](C)[C@](C)(C(=O)O)[C@@H](c2ccccc2Cl)[C@@]1(CC)C(=O)O)OCC. The van der Waals surface area contributed by atoms with Gasteiger partial charge in [-0.05, 0) is 45.7 Å². The molecule has 0 spiro atoms. The first-order chi connectivity index (χ1) is 15.6. The number of hydrogen-bond donors (Lipinski definition) is 3. The molecule has 9 heteroatoms. The van der Waals surface area contributed by atoms with Crippen LogP contribution in [0.1, 0.15) is 52.5 Å². The van der Waals surface area contributed by atoms with Gasteiger partial charge in [0.05, 0.1) is 24.0 Å². The van der Waals surface area contributed by atoms with Crippen LogP contribution in [0.4, 0.5) is 0 Å². The third-order valence-electron chi connectivity index (χ3n) is 6.99. The Hall–Kier alpha value is -1.71. The number of halogens is 1. The molecule has 0 bridgehead atoms. The second-order valence-corrected chi connectivity index (χ2v) is 8.97. The second-order valence-electron chi connectivity index (χ2n) is 8.56. The van der Waals surface area contributed by atoms with E-state index in [4.69, 9.17) is 25.8 Å². The molecule has 1 saturated heterocycles. The number of nitrogens with one attached hydrogen (secondary N) is 1. The summed E-state index contributed by atoms with van der Waals surface area (Å²) in [5.74, 6) is -3.08. The van der Waals surface area contributed by atoms with Crippen LogP contribution in [0, 0.1) is 10.8 Å². The van der Waals surface area contributed by atoms with Gasteiger partial charge >= 0.3 is 11.9 Å². The van der Waals surface area contributed by atoms with Gasteiger partial charge in [-0.2, -0.15) is 0 Å². The quantitative estimate of drug-likeness (QED) is 0.383. The van der Waals surface area contributed by atoms with Gasteiger partial charge in [0.1, 0.15) is 0 Å². The Kier molecular flexibility index (Phi) is 9.70. The molecule has 0 amide bonds. The van der Waals surface area contributed by atoms with Gasteiger partial charge in [-0.25, -0.2) is 0 Å². The van der Waals surface area contributed by atoms with Gasteiger partial charge in [-0.1, -0.05) is 36.7 Å². The molecule has 33 heavy (non-hydrogen) atoms. The highest BCUT2D eigenvalue weighted by molar-refractivity contribution is 6.31. The molecule has 5 atom stereocenters. The lowest BCUT2D eigenvalue weighted by atomic mass is 9.51. The van der Waals surface area contributed by atoms with Gasteiger partial charge in [0, 0.05) is 36.2 Å². The molecule has 0 radical (unpaired) electrons. The van der Waals surface area contributed by atoms with Crippen LogP contribution in [0.2, 0.25) is 5.02 Å². The fourth-order valence-corrected chi connectivity index (χ4v) is 5.34. The average molecular weight is 486 g/mol. The summed E-state index contributed by atoms with van der Waals surface area (Å²) in [5, 5.41) is 24.5. The smallest absolute Gasteiger partial charge is 0.311 e. The number of ether oxygens (including phenoxy) is 3. The van der Waals surface area contributed by atoms with Crippen LogP contribution in [-0.2, 0) is 23.8 Å². The Morgan fingerprint density at radius 3 is 2.21 bits per heavy atom. The molecule has 186 valence electrons. The Bertz CT molecular complexity index is 816. The van der Waals surface area contributed by atoms with Gasteiger partial charge in [-0.15, -0.1) is 0 Å². The number of carboxylic acid groups (broad SMARTS) is 2. The molecule has 0 aliphatic carbocycles. The van der Waals surface area contributed by atoms with Crippen molar-refractivity contribution in [2.24, 2.45) is 10.8 Å². The molecule has 1 fully saturated rings. The lowest BCUT2D eigenvalue weighted by Gasteiger charge is -2.56. The predicted molar refractivity (Wildman–Crippen MR) is 125 cm³/mol. The molecule has 2 rings (SSSR count). The van der Waals surface area contributed by atoms with Crippen LogP contribution in [0.25, 0.3) is 0 Å². The van der Waals surface area contributed by atoms with E-state index < -0.39 is 47.1 Å². The molecule has 0 saturated carbocycles. The number of hydrogen-bond acceptors (Lipinski definition) is 6. The molecule has 8 nitrogen and oxygen atoms in total. The Morgan fingerprint density at radius 2 is 1.73 bits per heavy atom. The van der Waals surface area contributed by atoms with Crippen molar-refractivity contribution in [3.63, 3.8) is 0 Å². The number of carbonyl (C=O) groups is 2. The van der Waals surface area contributed by atoms with E-state index in [1.807, 2.05) is 13.8 Å². The maximum atomic E-state index is 13.0. The zero-order chi connectivity index (χ0) is 24.8. The van der Waals surface area contributed by atoms with Crippen molar-refractivity contribution in [2.45, 2.75) is 65.3 Å². The van der Waals surface area contributed by atoms with E-state index in [1.165, 1.54) is 0 Å². The molecule has 0 unspecified atom stereocenters. The fourth-order valence-electron chi connectivity index (χ4n) is 5.10. The third kappa shape index (κ3) is 5.20. The Morgan fingerprint density at radius 1 is 1.12 bits per heavy atom. The highest BCUT2D eigenvalue weighted by atomic mass is 35.5. The van der Waals surface area contributed by atoms with Crippen molar-refractivity contribution in [3.05, 3.63) is 34.9 Å². The van der Waals surface area contributed by atoms with Crippen molar-refractivity contribution >= 4 is 23.5 Å².